The highest BCUT2D eigenvalue weighted by Gasteiger charge is 2.50. The van der Waals surface area contributed by atoms with E-state index in [4.69, 9.17) is 61.6 Å². The van der Waals surface area contributed by atoms with Crippen LogP contribution in [0.3, 0.4) is 0 Å². The van der Waals surface area contributed by atoms with Crippen LogP contribution in [0.2, 0.25) is 0 Å². The maximum Gasteiger partial charge on any atom is 0.342 e. The van der Waals surface area contributed by atoms with Crippen LogP contribution >= 0.6 is 0 Å². The quantitative estimate of drug-likeness (QED) is 0.0142. The van der Waals surface area contributed by atoms with E-state index in [9.17, 15) is 94.8 Å². The number of hydrazine groups is 2. The first-order chi connectivity index (χ1) is 61.9. The average molecular weight is 1840 g/mol. The van der Waals surface area contributed by atoms with Crippen LogP contribution in [0.5, 0.6) is 0 Å². The normalized spacial score (nSPS) is 27.4. The van der Waals surface area contributed by atoms with Crippen LogP contribution in [0.1, 0.15) is 96.6 Å². The molecule has 4 fully saturated rings. The van der Waals surface area contributed by atoms with Gasteiger partial charge in [0.15, 0.2) is 25.2 Å². The van der Waals surface area contributed by atoms with E-state index < -0.39 is 197 Å². The third-order valence-electron chi connectivity index (χ3n) is 21.6. The standard InChI is InChI=1S/C77H125N19O33/c1-43-53(73(116)129-72(43)115)12-11-52(105)9-8-13-78-71(114)54(92(33-50-37-95(89-85-50)17-21-119-25-29-123-76-61(81-46(4)103)69(112)65(108)57(41-99)127-76)34-51-38-96(90-86-51)18-22-120-26-30-124-77-62(82-47(5)104)70(113)66(109)58(42-100)128-77)10-6-7-14-91(31-48-35-93(87-83-48)15-19-117-23-27-121-74-59(79-44(2)101)67(110)63(106)55(39-97)125-74)32-49-36-94(88-84-49)16-20-118-24-28-122-75-60(80-45(3)102)68(111)64(107)56(40-98)126-75/h35-38,54-70,74-77,83,87,97-100,106-113H,6-34,39-42H2,1-5H3,(H,78,114)(H,79,101)(H,80,102)(H,81,103)(H,82,104). The summed E-state index contributed by atoms with van der Waals surface area (Å²) in [6.45, 7) is 5.91. The van der Waals surface area contributed by atoms with E-state index >= 15 is 4.79 Å². The molecule has 52 heteroatoms. The van der Waals surface area contributed by atoms with Gasteiger partial charge in [-0.25, -0.2) is 23.6 Å². The van der Waals surface area contributed by atoms with Gasteiger partial charge in [0.2, 0.25) is 29.5 Å². The second-order valence-corrected chi connectivity index (χ2v) is 31.5. The van der Waals surface area contributed by atoms with Crippen molar-refractivity contribution >= 4 is 47.3 Å². The molecule has 5 amide bonds. The summed E-state index contributed by atoms with van der Waals surface area (Å²) in [6.07, 6.45) is -13.6. The lowest BCUT2D eigenvalue weighted by Gasteiger charge is -2.42. The predicted octanol–water partition coefficient (Wildman–Crippen LogP) is -10.8. The molecule has 3 aromatic heterocycles. The molecule has 19 N–H and O–H groups in total. The SMILES string of the molecule is CC(=O)NC1C(OCCOCCN2C=C(CN(CCCCC(C(=O)NCCCC(=O)CCC3=C(C)C(=O)OC3=O)N(Cc3cn(CCOCCOC4OC(CO)C(O)C(O)C4NC(C)=O)nn3)Cc3cn(CCOCCOC4OC(CO)C(O)C(O)C4NC(C)=O)nn3)Cc3cn(CCOCCOC4OC(CO)C(O)C(O)C4NC(C)=O)nn3)NN2)OC(CO)C(O)C1O. The van der Waals surface area contributed by atoms with E-state index in [0.717, 1.165) is 5.70 Å². The summed E-state index contributed by atoms with van der Waals surface area (Å²) in [5, 5.41) is 165. The van der Waals surface area contributed by atoms with Crippen molar-refractivity contribution in [2.24, 2.45) is 0 Å². The van der Waals surface area contributed by atoms with Gasteiger partial charge in [-0.1, -0.05) is 22.1 Å². The number of hydrogen-bond donors (Lipinski definition) is 19. The topological polar surface area (TPSA) is 685 Å². The molecule has 0 bridgehead atoms. The Balaban J connectivity index is 0.895. The minimum absolute atomic E-state index is 0.00426. The molecule has 6 aliphatic heterocycles. The number of Topliss-reactive ketones (excluding diaryl/α,β-unsaturated/α-hetero) is 1. The fourth-order valence-corrected chi connectivity index (χ4v) is 14.9. The van der Waals surface area contributed by atoms with Crippen molar-refractivity contribution in [2.75, 3.05) is 132 Å². The van der Waals surface area contributed by atoms with Gasteiger partial charge in [-0.3, -0.25) is 43.6 Å². The van der Waals surface area contributed by atoms with E-state index in [-0.39, 0.29) is 174 Å². The molecule has 4 saturated heterocycles. The first-order valence-electron chi connectivity index (χ1n) is 42.7. The Kier molecular flexibility index (Phi) is 43.1. The summed E-state index contributed by atoms with van der Waals surface area (Å²) in [5.74, 6) is -4.29. The highest BCUT2D eigenvalue weighted by atomic mass is 16.7. The molecule has 726 valence electrons. The number of carbonyl (C=O) groups is 8. The minimum atomic E-state index is -1.52. The zero-order valence-electron chi connectivity index (χ0n) is 72.6. The molecule has 0 aromatic carbocycles. The van der Waals surface area contributed by atoms with Gasteiger partial charge in [-0.2, -0.15) is 0 Å². The summed E-state index contributed by atoms with van der Waals surface area (Å²) >= 11 is 0. The van der Waals surface area contributed by atoms with E-state index in [0.29, 0.717) is 49.6 Å². The van der Waals surface area contributed by atoms with E-state index in [2.05, 4.69) is 73.4 Å². The van der Waals surface area contributed by atoms with Crippen molar-refractivity contribution in [1.82, 2.24) is 97.3 Å². The van der Waals surface area contributed by atoms with Gasteiger partial charge in [0.05, 0.1) is 161 Å². The number of rotatable bonds is 58. The number of ketones is 1. The monoisotopic (exact) mass is 1840 g/mol. The summed E-state index contributed by atoms with van der Waals surface area (Å²) in [5.41, 5.74) is 8.69. The first kappa shape index (κ1) is 104. The molecule has 9 rings (SSSR count). The Hall–Kier alpha value is -8.42. The molecule has 0 saturated carbocycles. The lowest BCUT2D eigenvalue weighted by molar-refractivity contribution is -0.272. The largest absolute Gasteiger partial charge is 0.394 e. The first-order valence-corrected chi connectivity index (χ1v) is 42.7. The van der Waals surface area contributed by atoms with E-state index in [1.54, 1.807) is 28.3 Å². The van der Waals surface area contributed by atoms with E-state index in [1.807, 2.05) is 11.1 Å². The molecule has 0 aliphatic carbocycles. The number of aliphatic hydroxyl groups excluding tert-OH is 12. The lowest BCUT2D eigenvalue weighted by atomic mass is 9.97. The van der Waals surface area contributed by atoms with Crippen LogP contribution in [-0.4, -0.2) is 429 Å². The lowest BCUT2D eigenvalue weighted by Crippen LogP contribution is -2.64. The van der Waals surface area contributed by atoms with Gasteiger partial charge in [-0.15, -0.1) is 20.8 Å². The number of nitrogens with one attached hydrogen (secondary N) is 7. The fourth-order valence-electron chi connectivity index (χ4n) is 14.9. The Morgan fingerprint density at radius 2 is 0.853 bits per heavy atom. The second-order valence-electron chi connectivity index (χ2n) is 31.5. The Bertz CT molecular complexity index is 3960. The van der Waals surface area contributed by atoms with Crippen LogP contribution in [0, 0.1) is 0 Å². The van der Waals surface area contributed by atoms with Gasteiger partial charge in [-0.05, 0) is 39.2 Å². The van der Waals surface area contributed by atoms with Crippen LogP contribution in [0.4, 0.5) is 0 Å². The highest BCUT2D eigenvalue weighted by molar-refractivity contribution is 6.12. The summed E-state index contributed by atoms with van der Waals surface area (Å²) in [6, 6.07) is -5.57. The Morgan fingerprint density at radius 3 is 1.22 bits per heavy atom. The Labute approximate surface area is 741 Å². The molecular formula is C77H125N19O33. The van der Waals surface area contributed by atoms with E-state index in [1.165, 1.54) is 44.0 Å². The highest BCUT2D eigenvalue weighted by Crippen LogP contribution is 2.29. The van der Waals surface area contributed by atoms with Gasteiger partial charge in [0.25, 0.3) is 0 Å². The number of unbranched alkanes of at least 4 members (excludes halogenated alkanes) is 1. The molecule has 0 radical (unpaired) electrons. The van der Waals surface area contributed by atoms with Crippen molar-refractivity contribution in [3.8, 4) is 0 Å². The molecule has 21 unspecified atom stereocenters. The number of hydrogen-bond acceptors (Lipinski definition) is 44. The number of amides is 5. The summed E-state index contributed by atoms with van der Waals surface area (Å²) < 4.78 is 78.6. The molecule has 52 nitrogen and oxygen atoms in total. The molecule has 6 aliphatic rings. The second kappa shape index (κ2) is 53.3. The number of carbonyl (C=O) groups excluding carboxylic acids is 8. The third kappa shape index (κ3) is 32.2. The van der Waals surface area contributed by atoms with Crippen LogP contribution < -0.4 is 37.5 Å². The zero-order chi connectivity index (χ0) is 93.2. The molecule has 21 atom stereocenters. The third-order valence-corrected chi connectivity index (χ3v) is 21.6. The van der Waals surface area contributed by atoms with Gasteiger partial charge < -0.3 is 155 Å². The molecule has 129 heavy (non-hydrogen) atoms. The molecule has 9 heterocycles. The predicted molar refractivity (Wildman–Crippen MR) is 432 cm³/mol. The molecular weight excluding hydrogens is 1720 g/mol. The van der Waals surface area contributed by atoms with Crippen molar-refractivity contribution < 1.29 is 161 Å². The maximum absolute atomic E-state index is 15.2. The average Bonchev–Trinajstić information content (AvgIpc) is 1.01. The number of aliphatic hydroxyl groups is 12. The summed E-state index contributed by atoms with van der Waals surface area (Å²) in [4.78, 5) is 105. The maximum atomic E-state index is 15.2. The Morgan fingerprint density at radius 1 is 0.473 bits per heavy atom. The van der Waals surface area contributed by atoms with Crippen molar-refractivity contribution in [1.29, 1.82) is 0 Å². The minimum Gasteiger partial charge on any atom is -0.394 e. The van der Waals surface area contributed by atoms with Crippen LogP contribution in [0.25, 0.3) is 0 Å². The zero-order valence-corrected chi connectivity index (χ0v) is 72.6. The number of ether oxygens (including phenoxy) is 13. The van der Waals surface area contributed by atoms with Crippen molar-refractivity contribution in [2.45, 2.75) is 247 Å². The number of nitrogens with zero attached hydrogens (tertiary/aromatic N) is 12. The van der Waals surface area contributed by atoms with Crippen molar-refractivity contribution in [3.63, 3.8) is 0 Å². The molecule has 3 aromatic rings. The van der Waals surface area contributed by atoms with Crippen LogP contribution in [-0.2, 0) is 139 Å². The van der Waals surface area contributed by atoms with Gasteiger partial charge in [0, 0.05) is 109 Å². The molecule has 0 spiro atoms. The van der Waals surface area contributed by atoms with Crippen LogP contribution in [0.15, 0.2) is 41.6 Å². The number of esters is 2. The fraction of sp³-hybridized carbons (Fsp3) is 0.766. The number of cyclic esters (lactones) is 2. The number of aromatic nitrogens is 9. The smallest absolute Gasteiger partial charge is 0.342 e. The van der Waals surface area contributed by atoms with Gasteiger partial charge >= 0.3 is 11.9 Å². The van der Waals surface area contributed by atoms with Gasteiger partial charge in [0.1, 0.15) is 103 Å². The van der Waals surface area contributed by atoms with Crippen molar-refractivity contribution in [3.05, 3.63) is 58.7 Å². The summed E-state index contributed by atoms with van der Waals surface area (Å²) in [7, 11) is 0.